The van der Waals surface area contributed by atoms with Crippen molar-refractivity contribution in [2.24, 2.45) is 11.8 Å². The highest BCUT2D eigenvalue weighted by Crippen LogP contribution is 2.26. The second-order valence-electron chi connectivity index (χ2n) is 4.54. The molecule has 3 N–H and O–H groups in total. The lowest BCUT2D eigenvalue weighted by molar-refractivity contribution is 0.376. The van der Waals surface area contributed by atoms with Crippen molar-refractivity contribution < 1.29 is 4.42 Å². The summed E-state index contributed by atoms with van der Waals surface area (Å²) in [7, 11) is 0. The van der Waals surface area contributed by atoms with Crippen molar-refractivity contribution in [3.8, 4) is 0 Å². The van der Waals surface area contributed by atoms with Crippen LogP contribution < -0.4 is 11.3 Å². The number of nitrogens with two attached hydrogens (primary N) is 1. The zero-order valence-electron chi connectivity index (χ0n) is 9.73. The number of hydrogen-bond donors (Lipinski definition) is 2. The van der Waals surface area contributed by atoms with E-state index >= 15 is 0 Å². The molecule has 0 fully saturated rings. The molecule has 3 nitrogen and oxygen atoms in total. The molecule has 16 heavy (non-hydrogen) atoms. The zero-order valence-corrected chi connectivity index (χ0v) is 9.73. The molecule has 1 unspecified atom stereocenters. The first kappa shape index (κ1) is 11.2. The van der Waals surface area contributed by atoms with Gasteiger partial charge in [0.15, 0.2) is 0 Å². The summed E-state index contributed by atoms with van der Waals surface area (Å²) in [6.45, 7) is 4.35. The molecule has 86 valence electrons. The maximum atomic E-state index is 5.78. The average molecular weight is 218 g/mol. The van der Waals surface area contributed by atoms with Gasteiger partial charge in [-0.3, -0.25) is 5.84 Å². The van der Waals surface area contributed by atoms with Gasteiger partial charge in [-0.1, -0.05) is 32.0 Å². The van der Waals surface area contributed by atoms with Gasteiger partial charge in [0.2, 0.25) is 0 Å². The van der Waals surface area contributed by atoms with E-state index in [0.29, 0.717) is 5.92 Å². The van der Waals surface area contributed by atoms with E-state index in [0.717, 1.165) is 23.2 Å². The number of benzene rings is 1. The molecular weight excluding hydrogens is 200 g/mol. The second-order valence-corrected chi connectivity index (χ2v) is 4.54. The maximum absolute atomic E-state index is 5.78. The summed E-state index contributed by atoms with van der Waals surface area (Å²) in [5, 5.41) is 1.13. The smallest absolute Gasteiger partial charge is 0.134 e. The molecule has 0 aliphatic heterocycles. The molecule has 0 spiro atoms. The molecule has 1 atom stereocenters. The third-order valence-electron chi connectivity index (χ3n) is 2.70. The molecule has 0 amide bonds. The van der Waals surface area contributed by atoms with Crippen LogP contribution in [0.4, 0.5) is 0 Å². The lowest BCUT2D eigenvalue weighted by Crippen LogP contribution is -2.28. The molecule has 0 aliphatic rings. The highest BCUT2D eigenvalue weighted by molar-refractivity contribution is 5.77. The molecule has 2 rings (SSSR count). The van der Waals surface area contributed by atoms with Crippen LogP contribution in [0.15, 0.2) is 34.7 Å². The maximum Gasteiger partial charge on any atom is 0.134 e. The van der Waals surface area contributed by atoms with Crippen molar-refractivity contribution in [2.45, 2.75) is 26.3 Å². The predicted molar refractivity (Wildman–Crippen MR) is 65.7 cm³/mol. The van der Waals surface area contributed by atoms with Gasteiger partial charge in [0.1, 0.15) is 11.3 Å². The van der Waals surface area contributed by atoms with Crippen LogP contribution in [0.3, 0.4) is 0 Å². The number of para-hydroxylation sites is 1. The van der Waals surface area contributed by atoms with Crippen LogP contribution >= 0.6 is 0 Å². The minimum Gasteiger partial charge on any atom is -0.459 e. The summed E-state index contributed by atoms with van der Waals surface area (Å²) >= 11 is 0. The van der Waals surface area contributed by atoms with Gasteiger partial charge in [-0.25, -0.2) is 5.43 Å². The first-order chi connectivity index (χ1) is 7.70. The fourth-order valence-electron chi connectivity index (χ4n) is 1.91. The molecule has 3 heteroatoms. The summed E-state index contributed by atoms with van der Waals surface area (Å²) < 4.78 is 5.78. The molecule has 1 heterocycles. The molecule has 1 aromatic heterocycles. The highest BCUT2D eigenvalue weighted by atomic mass is 16.3. The topological polar surface area (TPSA) is 51.2 Å². The summed E-state index contributed by atoms with van der Waals surface area (Å²) in [6.07, 6.45) is 0.969. The summed E-state index contributed by atoms with van der Waals surface area (Å²) in [5.74, 6) is 7.06. The van der Waals surface area contributed by atoms with Crippen molar-refractivity contribution in [1.82, 2.24) is 5.43 Å². The van der Waals surface area contributed by atoms with Gasteiger partial charge in [-0.05, 0) is 24.5 Å². The van der Waals surface area contributed by atoms with Crippen molar-refractivity contribution >= 4 is 11.0 Å². The Hall–Kier alpha value is -1.32. The summed E-state index contributed by atoms with van der Waals surface area (Å²) in [5.41, 5.74) is 3.73. The van der Waals surface area contributed by atoms with E-state index < -0.39 is 0 Å². The minimum absolute atomic E-state index is 0.0902. The Kier molecular flexibility index (Phi) is 3.27. The first-order valence-electron chi connectivity index (χ1n) is 5.65. The van der Waals surface area contributed by atoms with Crippen LogP contribution in [0.1, 0.15) is 32.1 Å². The van der Waals surface area contributed by atoms with Gasteiger partial charge in [-0.2, -0.15) is 0 Å². The van der Waals surface area contributed by atoms with Gasteiger partial charge in [0.25, 0.3) is 0 Å². The fourth-order valence-corrected chi connectivity index (χ4v) is 1.91. The quantitative estimate of drug-likeness (QED) is 0.612. The largest absolute Gasteiger partial charge is 0.459 e. The molecule has 1 aromatic carbocycles. The van der Waals surface area contributed by atoms with E-state index in [1.807, 2.05) is 24.3 Å². The van der Waals surface area contributed by atoms with Crippen LogP contribution in [0, 0.1) is 5.92 Å². The Bertz CT molecular complexity index is 429. The predicted octanol–water partition coefficient (Wildman–Crippen LogP) is 2.98. The van der Waals surface area contributed by atoms with Gasteiger partial charge < -0.3 is 4.42 Å². The second kappa shape index (κ2) is 4.68. The number of fused-ring (bicyclic) bond motifs is 1. The SMILES string of the molecule is CC(C)CC(NN)c1cc2ccccc2o1. The monoisotopic (exact) mass is 218 g/mol. The van der Waals surface area contributed by atoms with E-state index in [1.54, 1.807) is 0 Å². The van der Waals surface area contributed by atoms with E-state index in [9.17, 15) is 0 Å². The molecular formula is C13H18N2O. The molecule has 0 aliphatic carbocycles. The first-order valence-corrected chi connectivity index (χ1v) is 5.65. The van der Waals surface area contributed by atoms with Gasteiger partial charge in [0.05, 0.1) is 6.04 Å². The van der Waals surface area contributed by atoms with Crippen molar-refractivity contribution in [1.29, 1.82) is 0 Å². The Morgan fingerprint density at radius 2 is 2.06 bits per heavy atom. The van der Waals surface area contributed by atoms with E-state index in [4.69, 9.17) is 10.3 Å². The average Bonchev–Trinajstić information content (AvgIpc) is 2.68. The Morgan fingerprint density at radius 1 is 1.31 bits per heavy atom. The standard InChI is InChI=1S/C13H18N2O/c1-9(2)7-11(15-14)13-8-10-5-3-4-6-12(10)16-13/h3-6,8-9,11,15H,7,14H2,1-2H3. The van der Waals surface area contributed by atoms with Crippen molar-refractivity contribution in [3.05, 3.63) is 36.1 Å². The summed E-state index contributed by atoms with van der Waals surface area (Å²) in [4.78, 5) is 0. The van der Waals surface area contributed by atoms with Gasteiger partial charge in [0, 0.05) is 5.39 Å². The Labute approximate surface area is 95.6 Å². The van der Waals surface area contributed by atoms with Crippen LogP contribution in [0.5, 0.6) is 0 Å². The highest BCUT2D eigenvalue weighted by Gasteiger charge is 2.15. The van der Waals surface area contributed by atoms with Crippen LogP contribution in [-0.2, 0) is 0 Å². The van der Waals surface area contributed by atoms with Crippen LogP contribution in [-0.4, -0.2) is 0 Å². The molecule has 2 aromatic rings. The number of furan rings is 1. The third-order valence-corrected chi connectivity index (χ3v) is 2.70. The lowest BCUT2D eigenvalue weighted by Gasteiger charge is -2.15. The molecule has 0 radical (unpaired) electrons. The number of rotatable bonds is 4. The summed E-state index contributed by atoms with van der Waals surface area (Å²) in [6, 6.07) is 10.2. The van der Waals surface area contributed by atoms with Crippen molar-refractivity contribution in [3.63, 3.8) is 0 Å². The van der Waals surface area contributed by atoms with Crippen LogP contribution in [0.25, 0.3) is 11.0 Å². The number of nitrogens with one attached hydrogen (secondary N) is 1. The molecule has 0 bridgehead atoms. The lowest BCUT2D eigenvalue weighted by atomic mass is 10.0. The van der Waals surface area contributed by atoms with Gasteiger partial charge in [-0.15, -0.1) is 0 Å². The van der Waals surface area contributed by atoms with Crippen LogP contribution in [0.2, 0.25) is 0 Å². The van der Waals surface area contributed by atoms with Crippen molar-refractivity contribution in [2.75, 3.05) is 0 Å². The normalized spacial score (nSPS) is 13.5. The Morgan fingerprint density at radius 3 is 2.69 bits per heavy atom. The third kappa shape index (κ3) is 2.26. The zero-order chi connectivity index (χ0) is 11.5. The van der Waals surface area contributed by atoms with E-state index in [-0.39, 0.29) is 6.04 Å². The fraction of sp³-hybridized carbons (Fsp3) is 0.385. The molecule has 0 saturated carbocycles. The molecule has 0 saturated heterocycles. The van der Waals surface area contributed by atoms with E-state index in [1.165, 1.54) is 0 Å². The van der Waals surface area contributed by atoms with Gasteiger partial charge >= 0.3 is 0 Å². The number of hydrazine groups is 1. The minimum atomic E-state index is 0.0902. The van der Waals surface area contributed by atoms with E-state index in [2.05, 4.69) is 25.3 Å². The number of hydrogen-bond acceptors (Lipinski definition) is 3. The Balaban J connectivity index is 2.30.